The second kappa shape index (κ2) is 8.51. The molecule has 2 aromatic heterocycles. The number of primary amides is 1. The molecule has 0 fully saturated rings. The van der Waals surface area contributed by atoms with E-state index in [0.29, 0.717) is 33.2 Å². The predicted molar refractivity (Wildman–Crippen MR) is 117 cm³/mol. The zero-order valence-electron chi connectivity index (χ0n) is 17.0. The molecule has 0 aliphatic heterocycles. The molecular formula is C22H24FN3O3S. The molecular weight excluding hydrogens is 405 g/mol. The van der Waals surface area contributed by atoms with E-state index in [1.54, 1.807) is 38.1 Å². The molecule has 1 aromatic carbocycles. The van der Waals surface area contributed by atoms with Crippen LogP contribution in [-0.4, -0.2) is 27.7 Å². The number of aromatic nitrogens is 1. The Hall–Kier alpha value is -2.81. The SMILES string of the molecule is Cc1nc(Nc2sc(-c3ccc(C(C)(C)O)cc3F)cc2C(N)=O)ccc1CCO. The van der Waals surface area contributed by atoms with Gasteiger partial charge in [0.05, 0.1) is 11.2 Å². The second-order valence-corrected chi connectivity index (χ2v) is 8.56. The van der Waals surface area contributed by atoms with Gasteiger partial charge in [-0.2, -0.15) is 0 Å². The highest BCUT2D eigenvalue weighted by molar-refractivity contribution is 7.19. The van der Waals surface area contributed by atoms with E-state index in [2.05, 4.69) is 10.3 Å². The van der Waals surface area contributed by atoms with Crippen LogP contribution >= 0.6 is 11.3 Å². The van der Waals surface area contributed by atoms with E-state index < -0.39 is 17.3 Å². The number of aryl methyl sites for hydroxylation is 1. The largest absolute Gasteiger partial charge is 0.396 e. The summed E-state index contributed by atoms with van der Waals surface area (Å²) in [5.41, 5.74) is 7.06. The summed E-state index contributed by atoms with van der Waals surface area (Å²) in [5.74, 6) is -0.620. The van der Waals surface area contributed by atoms with Crippen molar-refractivity contribution in [1.29, 1.82) is 0 Å². The number of aliphatic hydroxyl groups is 2. The monoisotopic (exact) mass is 429 g/mol. The van der Waals surface area contributed by atoms with Crippen molar-refractivity contribution in [2.24, 2.45) is 5.73 Å². The van der Waals surface area contributed by atoms with Crippen LogP contribution in [-0.2, 0) is 12.0 Å². The Bertz CT molecular complexity index is 1090. The number of hydrogen-bond donors (Lipinski definition) is 4. The van der Waals surface area contributed by atoms with E-state index in [1.165, 1.54) is 17.4 Å². The summed E-state index contributed by atoms with van der Waals surface area (Å²) in [6.45, 7) is 5.04. The number of thiophene rings is 1. The quantitative estimate of drug-likeness (QED) is 0.456. The number of halogens is 1. The number of nitrogens with zero attached hydrogens (tertiary/aromatic N) is 1. The molecule has 3 aromatic rings. The fourth-order valence-corrected chi connectivity index (χ4v) is 4.15. The minimum atomic E-state index is -1.16. The van der Waals surface area contributed by atoms with Gasteiger partial charge in [-0.05, 0) is 56.5 Å². The van der Waals surface area contributed by atoms with Crippen molar-refractivity contribution >= 4 is 28.1 Å². The van der Waals surface area contributed by atoms with Crippen LogP contribution in [0.3, 0.4) is 0 Å². The molecule has 3 rings (SSSR count). The van der Waals surface area contributed by atoms with Crippen molar-refractivity contribution in [1.82, 2.24) is 4.98 Å². The summed E-state index contributed by atoms with van der Waals surface area (Å²) in [5, 5.41) is 22.7. The number of amides is 1. The highest BCUT2D eigenvalue weighted by atomic mass is 32.1. The minimum absolute atomic E-state index is 0.0349. The normalized spacial score (nSPS) is 11.5. The van der Waals surface area contributed by atoms with E-state index in [1.807, 2.05) is 13.0 Å². The molecule has 0 atom stereocenters. The van der Waals surface area contributed by atoms with Crippen molar-refractivity contribution in [2.75, 3.05) is 11.9 Å². The molecule has 5 N–H and O–H groups in total. The van der Waals surface area contributed by atoms with Crippen LogP contribution in [0.25, 0.3) is 10.4 Å². The molecule has 30 heavy (non-hydrogen) atoms. The lowest BCUT2D eigenvalue weighted by atomic mass is 9.96. The highest BCUT2D eigenvalue weighted by Crippen LogP contribution is 2.38. The Morgan fingerprint density at radius 2 is 2.00 bits per heavy atom. The van der Waals surface area contributed by atoms with Crippen LogP contribution in [0.15, 0.2) is 36.4 Å². The second-order valence-electron chi connectivity index (χ2n) is 7.51. The first-order chi connectivity index (χ1) is 14.1. The minimum Gasteiger partial charge on any atom is -0.396 e. The molecule has 0 bridgehead atoms. The van der Waals surface area contributed by atoms with E-state index in [-0.39, 0.29) is 12.2 Å². The van der Waals surface area contributed by atoms with E-state index in [0.717, 1.165) is 11.3 Å². The number of aliphatic hydroxyl groups excluding tert-OH is 1. The molecule has 0 aliphatic carbocycles. The summed E-state index contributed by atoms with van der Waals surface area (Å²) in [6, 6.07) is 9.67. The van der Waals surface area contributed by atoms with Crippen molar-refractivity contribution in [3.63, 3.8) is 0 Å². The predicted octanol–water partition coefficient (Wildman–Crippen LogP) is 3.86. The van der Waals surface area contributed by atoms with Gasteiger partial charge >= 0.3 is 0 Å². The zero-order chi connectivity index (χ0) is 22.1. The highest BCUT2D eigenvalue weighted by Gasteiger charge is 2.21. The summed E-state index contributed by atoms with van der Waals surface area (Å²) in [4.78, 5) is 16.9. The first kappa shape index (κ1) is 21.9. The average Bonchev–Trinajstić information content (AvgIpc) is 3.07. The van der Waals surface area contributed by atoms with Gasteiger partial charge in [0.1, 0.15) is 16.6 Å². The zero-order valence-corrected chi connectivity index (χ0v) is 17.8. The van der Waals surface area contributed by atoms with Crippen molar-refractivity contribution in [2.45, 2.75) is 32.8 Å². The number of pyridine rings is 1. The van der Waals surface area contributed by atoms with Crippen molar-refractivity contribution in [3.8, 4) is 10.4 Å². The maximum atomic E-state index is 14.7. The maximum Gasteiger partial charge on any atom is 0.251 e. The molecule has 158 valence electrons. The molecule has 0 unspecified atom stereocenters. The molecule has 6 nitrogen and oxygen atoms in total. The molecule has 2 heterocycles. The third-order valence-electron chi connectivity index (χ3n) is 4.76. The number of carbonyl (C=O) groups excluding carboxylic acids is 1. The molecule has 8 heteroatoms. The van der Waals surface area contributed by atoms with E-state index in [4.69, 9.17) is 10.8 Å². The van der Waals surface area contributed by atoms with Gasteiger partial charge in [0.2, 0.25) is 0 Å². The topological polar surface area (TPSA) is 108 Å². The maximum absolute atomic E-state index is 14.7. The molecule has 0 saturated carbocycles. The van der Waals surface area contributed by atoms with Gasteiger partial charge in [-0.25, -0.2) is 9.37 Å². The van der Waals surface area contributed by atoms with Crippen LogP contribution in [0.4, 0.5) is 15.2 Å². The lowest BCUT2D eigenvalue weighted by Gasteiger charge is -2.18. The third-order valence-corrected chi connectivity index (χ3v) is 5.84. The Morgan fingerprint density at radius 3 is 2.57 bits per heavy atom. The first-order valence-corrected chi connectivity index (χ1v) is 10.2. The summed E-state index contributed by atoms with van der Waals surface area (Å²) in [6.07, 6.45) is 0.509. The third kappa shape index (κ3) is 4.67. The number of carbonyl (C=O) groups is 1. The van der Waals surface area contributed by atoms with Gasteiger partial charge < -0.3 is 21.3 Å². The van der Waals surface area contributed by atoms with Gasteiger partial charge in [0.25, 0.3) is 5.91 Å². The Balaban J connectivity index is 1.97. The summed E-state index contributed by atoms with van der Waals surface area (Å²) < 4.78 is 14.7. The lowest BCUT2D eigenvalue weighted by Crippen LogP contribution is -2.15. The Labute approximate surface area is 178 Å². The standard InChI is InChI=1S/C22H24FN3O3S/c1-12-13(8-9-27)4-7-19(25-12)26-21-16(20(24)28)11-18(30-21)15-6-5-14(10-17(15)23)22(2,3)29/h4-7,10-11,27,29H,8-9H2,1-3H3,(H2,24,28)(H,25,26). The number of benzene rings is 1. The fourth-order valence-electron chi connectivity index (χ4n) is 3.06. The van der Waals surface area contributed by atoms with Crippen molar-refractivity contribution in [3.05, 3.63) is 64.6 Å². The first-order valence-electron chi connectivity index (χ1n) is 9.41. The molecule has 0 spiro atoms. The van der Waals surface area contributed by atoms with Gasteiger partial charge in [-0.3, -0.25) is 4.79 Å². The average molecular weight is 430 g/mol. The van der Waals surface area contributed by atoms with Crippen LogP contribution in [0.5, 0.6) is 0 Å². The van der Waals surface area contributed by atoms with Crippen LogP contribution in [0.1, 0.15) is 41.0 Å². The lowest BCUT2D eigenvalue weighted by molar-refractivity contribution is 0.0782. The van der Waals surface area contributed by atoms with Gasteiger partial charge in [0, 0.05) is 22.7 Å². The van der Waals surface area contributed by atoms with E-state index >= 15 is 0 Å². The number of hydrogen-bond acceptors (Lipinski definition) is 6. The van der Waals surface area contributed by atoms with Crippen molar-refractivity contribution < 1.29 is 19.4 Å². The fraction of sp³-hybridized carbons (Fsp3) is 0.273. The molecule has 1 amide bonds. The van der Waals surface area contributed by atoms with Gasteiger partial charge in [-0.15, -0.1) is 11.3 Å². The number of anilines is 2. The van der Waals surface area contributed by atoms with Crippen LogP contribution in [0.2, 0.25) is 0 Å². The smallest absolute Gasteiger partial charge is 0.251 e. The Kier molecular flexibility index (Phi) is 6.21. The van der Waals surface area contributed by atoms with Crippen LogP contribution < -0.4 is 11.1 Å². The summed E-state index contributed by atoms with van der Waals surface area (Å²) in [7, 11) is 0. The Morgan fingerprint density at radius 1 is 1.27 bits per heavy atom. The summed E-state index contributed by atoms with van der Waals surface area (Å²) >= 11 is 1.19. The molecule has 0 saturated heterocycles. The molecule has 0 aliphatic rings. The van der Waals surface area contributed by atoms with Gasteiger partial charge in [0.15, 0.2) is 0 Å². The number of nitrogens with one attached hydrogen (secondary N) is 1. The molecule has 0 radical (unpaired) electrons. The number of rotatable bonds is 7. The van der Waals surface area contributed by atoms with E-state index in [9.17, 15) is 14.3 Å². The van der Waals surface area contributed by atoms with Gasteiger partial charge in [-0.1, -0.05) is 18.2 Å². The number of nitrogens with two attached hydrogens (primary N) is 1. The van der Waals surface area contributed by atoms with Crippen LogP contribution in [0, 0.1) is 12.7 Å².